The molecule has 0 fully saturated rings. The summed E-state index contributed by atoms with van der Waals surface area (Å²) < 4.78 is 0. The first-order valence-electron chi connectivity index (χ1n) is 9.57. The average Bonchev–Trinajstić information content (AvgIpc) is 3.10. The highest BCUT2D eigenvalue weighted by molar-refractivity contribution is 7.15. The van der Waals surface area contributed by atoms with Crippen molar-refractivity contribution in [3.05, 3.63) is 77.2 Å². The number of aromatic nitrogens is 1. The van der Waals surface area contributed by atoms with E-state index < -0.39 is 0 Å². The van der Waals surface area contributed by atoms with Gasteiger partial charge >= 0.3 is 0 Å². The summed E-state index contributed by atoms with van der Waals surface area (Å²) in [6.45, 7) is 3.29. The highest BCUT2D eigenvalue weighted by Crippen LogP contribution is 2.30. The molecule has 4 rings (SSSR count). The molecule has 0 bridgehead atoms. The largest absolute Gasteiger partial charge is 0.375 e. The SMILES string of the molecule is Nc1nc(-c2ccccc2)c(CCCN2CC=C(c3ccccc3)CC2)s1. The minimum Gasteiger partial charge on any atom is -0.375 e. The first-order valence-corrected chi connectivity index (χ1v) is 10.4. The maximum Gasteiger partial charge on any atom is 0.180 e. The summed E-state index contributed by atoms with van der Waals surface area (Å²) >= 11 is 1.63. The summed E-state index contributed by atoms with van der Waals surface area (Å²) in [5.41, 5.74) is 11.1. The Morgan fingerprint density at radius 1 is 0.963 bits per heavy atom. The van der Waals surface area contributed by atoms with Gasteiger partial charge in [0.2, 0.25) is 0 Å². The van der Waals surface area contributed by atoms with Gasteiger partial charge in [-0.2, -0.15) is 0 Å². The molecule has 0 radical (unpaired) electrons. The zero-order valence-electron chi connectivity index (χ0n) is 15.5. The molecule has 0 atom stereocenters. The molecule has 4 heteroatoms. The van der Waals surface area contributed by atoms with E-state index in [-0.39, 0.29) is 0 Å². The smallest absolute Gasteiger partial charge is 0.180 e. The van der Waals surface area contributed by atoms with E-state index in [0.717, 1.165) is 50.2 Å². The van der Waals surface area contributed by atoms with Crippen molar-refractivity contribution in [3.63, 3.8) is 0 Å². The molecule has 1 aliphatic rings. The maximum atomic E-state index is 5.99. The van der Waals surface area contributed by atoms with Gasteiger partial charge in [-0.1, -0.05) is 66.7 Å². The molecule has 3 aromatic rings. The summed E-state index contributed by atoms with van der Waals surface area (Å²) in [6.07, 6.45) is 5.69. The summed E-state index contributed by atoms with van der Waals surface area (Å²) in [6, 6.07) is 21.1. The molecule has 0 saturated heterocycles. The van der Waals surface area contributed by atoms with Crippen molar-refractivity contribution in [2.24, 2.45) is 0 Å². The molecule has 0 spiro atoms. The summed E-state index contributed by atoms with van der Waals surface area (Å²) in [5.74, 6) is 0. The van der Waals surface area contributed by atoms with Gasteiger partial charge in [-0.3, -0.25) is 4.90 Å². The Kier molecular flexibility index (Phi) is 5.66. The van der Waals surface area contributed by atoms with E-state index in [4.69, 9.17) is 5.73 Å². The lowest BCUT2D eigenvalue weighted by Gasteiger charge is -2.26. The number of nitrogen functional groups attached to an aromatic ring is 1. The van der Waals surface area contributed by atoms with E-state index in [2.05, 4.69) is 70.6 Å². The van der Waals surface area contributed by atoms with Gasteiger partial charge in [-0.15, -0.1) is 11.3 Å². The van der Waals surface area contributed by atoms with Crippen molar-refractivity contribution >= 4 is 22.0 Å². The first kappa shape index (κ1) is 18.0. The third-order valence-corrected chi connectivity index (χ3v) is 6.02. The number of nitrogens with zero attached hydrogens (tertiary/aromatic N) is 2. The van der Waals surface area contributed by atoms with E-state index in [1.807, 2.05) is 6.07 Å². The van der Waals surface area contributed by atoms with Gasteiger partial charge in [0.05, 0.1) is 5.69 Å². The highest BCUT2D eigenvalue weighted by Gasteiger charge is 2.15. The number of rotatable bonds is 6. The van der Waals surface area contributed by atoms with Crippen molar-refractivity contribution in [2.75, 3.05) is 25.4 Å². The lowest BCUT2D eigenvalue weighted by Crippen LogP contribution is -2.29. The van der Waals surface area contributed by atoms with Crippen molar-refractivity contribution in [2.45, 2.75) is 19.3 Å². The Morgan fingerprint density at radius 3 is 2.33 bits per heavy atom. The summed E-state index contributed by atoms with van der Waals surface area (Å²) in [7, 11) is 0. The zero-order valence-corrected chi connectivity index (χ0v) is 16.3. The Balaban J connectivity index is 1.33. The van der Waals surface area contributed by atoms with Gasteiger partial charge < -0.3 is 5.73 Å². The molecule has 2 N–H and O–H groups in total. The fourth-order valence-corrected chi connectivity index (χ4v) is 4.55. The third-order valence-electron chi connectivity index (χ3n) is 5.08. The number of hydrogen-bond acceptors (Lipinski definition) is 4. The van der Waals surface area contributed by atoms with Gasteiger partial charge in [0.1, 0.15) is 0 Å². The fraction of sp³-hybridized carbons (Fsp3) is 0.261. The van der Waals surface area contributed by atoms with E-state index in [9.17, 15) is 0 Å². The maximum absolute atomic E-state index is 5.99. The van der Waals surface area contributed by atoms with Crippen LogP contribution in [0.25, 0.3) is 16.8 Å². The minimum atomic E-state index is 0.664. The Morgan fingerprint density at radius 2 is 1.67 bits per heavy atom. The standard InChI is InChI=1S/C23H25N3S/c24-23-25-22(20-10-5-2-6-11-20)21(27-23)12-7-15-26-16-13-19(14-17-26)18-8-3-1-4-9-18/h1-6,8-11,13H,7,12,14-17H2,(H2,24,25). The van der Waals surface area contributed by atoms with E-state index in [1.165, 1.54) is 16.0 Å². The van der Waals surface area contributed by atoms with Crippen LogP contribution in [0.2, 0.25) is 0 Å². The van der Waals surface area contributed by atoms with Gasteiger partial charge in [-0.25, -0.2) is 4.98 Å². The summed E-state index contributed by atoms with van der Waals surface area (Å²) in [5, 5.41) is 0.664. The molecule has 0 amide bonds. The first-order chi connectivity index (χ1) is 13.3. The molecule has 2 aromatic carbocycles. The molecule has 0 saturated carbocycles. The average molecular weight is 376 g/mol. The molecular weight excluding hydrogens is 350 g/mol. The predicted molar refractivity (Wildman–Crippen MR) is 116 cm³/mol. The van der Waals surface area contributed by atoms with Crippen molar-refractivity contribution in [1.82, 2.24) is 9.88 Å². The molecule has 3 nitrogen and oxygen atoms in total. The number of hydrogen-bond donors (Lipinski definition) is 1. The van der Waals surface area contributed by atoms with Crippen molar-refractivity contribution < 1.29 is 0 Å². The monoisotopic (exact) mass is 375 g/mol. The number of aryl methyl sites for hydroxylation is 1. The highest BCUT2D eigenvalue weighted by atomic mass is 32.1. The molecule has 2 heterocycles. The van der Waals surface area contributed by atoms with E-state index in [0.29, 0.717) is 5.13 Å². The molecule has 1 aromatic heterocycles. The zero-order chi connectivity index (χ0) is 18.5. The van der Waals surface area contributed by atoms with Crippen LogP contribution < -0.4 is 5.73 Å². The quantitative estimate of drug-likeness (QED) is 0.651. The van der Waals surface area contributed by atoms with Gasteiger partial charge in [0.15, 0.2) is 5.13 Å². The number of nitrogens with two attached hydrogens (primary N) is 1. The molecule has 138 valence electrons. The number of benzene rings is 2. The number of anilines is 1. The molecule has 27 heavy (non-hydrogen) atoms. The second-order valence-electron chi connectivity index (χ2n) is 6.94. The van der Waals surface area contributed by atoms with Crippen LogP contribution in [0.3, 0.4) is 0 Å². The van der Waals surface area contributed by atoms with Gasteiger partial charge in [-0.05, 0) is 36.9 Å². The molecule has 1 aliphatic heterocycles. The van der Waals surface area contributed by atoms with Crippen LogP contribution in [0.4, 0.5) is 5.13 Å². The lowest BCUT2D eigenvalue weighted by molar-refractivity contribution is 0.298. The molecule has 0 unspecified atom stereocenters. The fourth-order valence-electron chi connectivity index (χ4n) is 3.65. The Bertz CT molecular complexity index is 900. The summed E-state index contributed by atoms with van der Waals surface area (Å²) in [4.78, 5) is 8.41. The van der Waals surface area contributed by atoms with Crippen LogP contribution in [0.15, 0.2) is 66.7 Å². The second-order valence-corrected chi connectivity index (χ2v) is 8.05. The Hall–Kier alpha value is -2.43. The number of thiazole rings is 1. The third kappa shape index (κ3) is 4.46. The second kappa shape index (κ2) is 8.51. The topological polar surface area (TPSA) is 42.1 Å². The van der Waals surface area contributed by atoms with Crippen molar-refractivity contribution in [1.29, 1.82) is 0 Å². The predicted octanol–water partition coefficient (Wildman–Crippen LogP) is 5.11. The van der Waals surface area contributed by atoms with E-state index in [1.54, 1.807) is 11.3 Å². The molecular formula is C23H25N3S. The van der Waals surface area contributed by atoms with Crippen LogP contribution in [-0.2, 0) is 6.42 Å². The van der Waals surface area contributed by atoms with Crippen molar-refractivity contribution in [3.8, 4) is 11.3 Å². The van der Waals surface area contributed by atoms with E-state index >= 15 is 0 Å². The van der Waals surface area contributed by atoms with Crippen LogP contribution in [-0.4, -0.2) is 29.5 Å². The van der Waals surface area contributed by atoms with Crippen LogP contribution in [0.5, 0.6) is 0 Å². The molecule has 0 aliphatic carbocycles. The van der Waals surface area contributed by atoms with Gasteiger partial charge in [0, 0.05) is 23.5 Å². The van der Waals surface area contributed by atoms with Crippen LogP contribution in [0.1, 0.15) is 23.3 Å². The van der Waals surface area contributed by atoms with Gasteiger partial charge in [0.25, 0.3) is 0 Å². The van der Waals surface area contributed by atoms with Crippen LogP contribution >= 0.6 is 11.3 Å². The normalized spacial score (nSPS) is 14.9. The minimum absolute atomic E-state index is 0.664. The van der Waals surface area contributed by atoms with Crippen LogP contribution in [0, 0.1) is 0 Å². The lowest BCUT2D eigenvalue weighted by atomic mass is 9.99. The Labute approximate surface area is 165 Å².